The second-order valence-corrected chi connectivity index (χ2v) is 6.51. The summed E-state index contributed by atoms with van der Waals surface area (Å²) in [5, 5.41) is 0. The van der Waals surface area contributed by atoms with Crippen molar-refractivity contribution < 1.29 is 0 Å². The molecule has 2 unspecified atom stereocenters. The molecule has 1 aliphatic rings. The third-order valence-corrected chi connectivity index (χ3v) is 5.00. The van der Waals surface area contributed by atoms with Crippen LogP contribution in [0.3, 0.4) is 0 Å². The van der Waals surface area contributed by atoms with E-state index in [-0.39, 0.29) is 0 Å². The summed E-state index contributed by atoms with van der Waals surface area (Å²) >= 11 is 0. The monoisotopic (exact) mass is 245 g/mol. The highest BCUT2D eigenvalue weighted by Crippen LogP contribution is 2.43. The fourth-order valence-electron chi connectivity index (χ4n) is 3.57. The van der Waals surface area contributed by atoms with Gasteiger partial charge >= 0.3 is 0 Å². The van der Waals surface area contributed by atoms with E-state index >= 15 is 0 Å². The average Bonchev–Trinajstić information content (AvgIpc) is 2.49. The number of rotatable bonds is 2. The molecule has 1 nitrogen and oxygen atoms in total. The maximum absolute atomic E-state index is 2.62. The predicted molar refractivity (Wildman–Crippen MR) is 79.1 cm³/mol. The number of aryl methyl sites for hydroxylation is 2. The summed E-state index contributed by atoms with van der Waals surface area (Å²) in [7, 11) is 0. The summed E-state index contributed by atoms with van der Waals surface area (Å²) in [6.45, 7) is 16.2. The van der Waals surface area contributed by atoms with Crippen LogP contribution in [0.15, 0.2) is 18.2 Å². The van der Waals surface area contributed by atoms with E-state index in [2.05, 4.69) is 64.6 Å². The minimum absolute atomic E-state index is 0.317. The molecule has 2 rings (SSSR count). The summed E-state index contributed by atoms with van der Waals surface area (Å²) in [6.07, 6.45) is 0. The minimum atomic E-state index is 0.317. The van der Waals surface area contributed by atoms with Crippen LogP contribution in [-0.4, -0.2) is 23.5 Å². The molecule has 1 aliphatic heterocycles. The maximum atomic E-state index is 2.62. The van der Waals surface area contributed by atoms with Gasteiger partial charge in [0, 0.05) is 18.0 Å². The molecule has 0 amide bonds. The zero-order valence-corrected chi connectivity index (χ0v) is 12.7. The smallest absolute Gasteiger partial charge is 0.0185 e. The first-order valence-corrected chi connectivity index (χ1v) is 7.19. The van der Waals surface area contributed by atoms with Crippen molar-refractivity contribution in [1.29, 1.82) is 0 Å². The quantitative estimate of drug-likeness (QED) is 0.757. The van der Waals surface area contributed by atoms with Gasteiger partial charge in [0.25, 0.3) is 0 Å². The molecule has 1 aromatic carbocycles. The van der Waals surface area contributed by atoms with Crippen LogP contribution < -0.4 is 0 Å². The largest absolute Gasteiger partial charge is 0.298 e. The molecule has 1 fully saturated rings. The lowest BCUT2D eigenvalue weighted by molar-refractivity contribution is 0.152. The number of likely N-dealkylation sites (N-methyl/N-ethyl adjacent to an activating group) is 1. The molecule has 0 radical (unpaired) electrons. The van der Waals surface area contributed by atoms with Crippen LogP contribution in [0.5, 0.6) is 0 Å². The van der Waals surface area contributed by atoms with Gasteiger partial charge in [0.2, 0.25) is 0 Å². The van der Waals surface area contributed by atoms with Crippen LogP contribution in [0.25, 0.3) is 0 Å². The Morgan fingerprint density at radius 1 is 1.17 bits per heavy atom. The van der Waals surface area contributed by atoms with Gasteiger partial charge in [-0.3, -0.25) is 4.90 Å². The molecule has 1 heteroatoms. The third kappa shape index (κ3) is 2.21. The lowest BCUT2D eigenvalue weighted by Crippen LogP contribution is -2.41. The maximum Gasteiger partial charge on any atom is 0.0185 e. The summed E-state index contributed by atoms with van der Waals surface area (Å²) < 4.78 is 0. The van der Waals surface area contributed by atoms with Gasteiger partial charge in [-0.2, -0.15) is 0 Å². The molecule has 18 heavy (non-hydrogen) atoms. The van der Waals surface area contributed by atoms with Crippen LogP contribution in [0.4, 0.5) is 0 Å². The second kappa shape index (κ2) is 4.70. The van der Waals surface area contributed by atoms with Gasteiger partial charge in [-0.15, -0.1) is 0 Å². The van der Waals surface area contributed by atoms with E-state index in [0.717, 1.165) is 6.54 Å². The normalized spacial score (nSPS) is 27.7. The second-order valence-electron chi connectivity index (χ2n) is 6.51. The highest BCUT2D eigenvalue weighted by molar-refractivity contribution is 5.33. The van der Waals surface area contributed by atoms with Crippen molar-refractivity contribution in [2.75, 3.05) is 13.1 Å². The number of hydrogen-bond donors (Lipinski definition) is 0. The minimum Gasteiger partial charge on any atom is -0.298 e. The Kier molecular flexibility index (Phi) is 3.55. The Morgan fingerprint density at radius 3 is 2.17 bits per heavy atom. The first kappa shape index (κ1) is 13.6. The van der Waals surface area contributed by atoms with Crippen LogP contribution in [0, 0.1) is 19.8 Å². The van der Waals surface area contributed by atoms with E-state index in [4.69, 9.17) is 0 Å². The standard InChI is InChI=1S/C17H27N/c1-7-18-11-16(14(4)17(18,5)6)15-9-12(2)8-13(3)10-15/h8-10,14,16H,7,11H2,1-6H3. The van der Waals surface area contributed by atoms with Gasteiger partial charge in [0.05, 0.1) is 0 Å². The van der Waals surface area contributed by atoms with Crippen LogP contribution in [0.1, 0.15) is 50.3 Å². The topological polar surface area (TPSA) is 3.24 Å². The zero-order valence-electron chi connectivity index (χ0n) is 12.7. The molecular formula is C17H27N. The van der Waals surface area contributed by atoms with Crippen molar-refractivity contribution in [3.63, 3.8) is 0 Å². The highest BCUT2D eigenvalue weighted by atomic mass is 15.2. The summed E-state index contributed by atoms with van der Waals surface area (Å²) in [5.41, 5.74) is 4.63. The molecule has 0 spiro atoms. The van der Waals surface area contributed by atoms with E-state index in [0.29, 0.717) is 17.4 Å². The molecule has 0 aromatic heterocycles. The number of nitrogens with zero attached hydrogens (tertiary/aromatic N) is 1. The van der Waals surface area contributed by atoms with Crippen molar-refractivity contribution >= 4 is 0 Å². The Morgan fingerprint density at radius 2 is 1.72 bits per heavy atom. The van der Waals surface area contributed by atoms with Crippen LogP contribution in [0.2, 0.25) is 0 Å². The summed E-state index contributed by atoms with van der Waals surface area (Å²) in [4.78, 5) is 2.62. The van der Waals surface area contributed by atoms with Crippen LogP contribution >= 0.6 is 0 Å². The molecule has 0 N–H and O–H groups in total. The van der Waals surface area contributed by atoms with E-state index in [1.54, 1.807) is 0 Å². The Balaban J connectivity index is 2.35. The SMILES string of the molecule is CCN1CC(c2cc(C)cc(C)c2)C(C)C1(C)C. The molecule has 0 saturated carbocycles. The van der Waals surface area contributed by atoms with Crippen molar-refractivity contribution in [2.24, 2.45) is 5.92 Å². The Labute approximate surface area is 112 Å². The highest BCUT2D eigenvalue weighted by Gasteiger charge is 2.44. The van der Waals surface area contributed by atoms with Gasteiger partial charge in [0.1, 0.15) is 0 Å². The molecule has 2 atom stereocenters. The predicted octanol–water partition coefficient (Wildman–Crippen LogP) is 4.14. The van der Waals surface area contributed by atoms with Crippen molar-refractivity contribution in [2.45, 2.75) is 53.0 Å². The zero-order chi connectivity index (χ0) is 13.5. The molecule has 1 saturated heterocycles. The van der Waals surface area contributed by atoms with Gasteiger partial charge in [-0.1, -0.05) is 43.2 Å². The van der Waals surface area contributed by atoms with Crippen LogP contribution in [-0.2, 0) is 0 Å². The first-order chi connectivity index (χ1) is 8.36. The average molecular weight is 245 g/mol. The van der Waals surface area contributed by atoms with Gasteiger partial charge in [0.15, 0.2) is 0 Å². The number of hydrogen-bond acceptors (Lipinski definition) is 1. The van der Waals surface area contributed by atoms with E-state index in [9.17, 15) is 0 Å². The fraction of sp³-hybridized carbons (Fsp3) is 0.647. The molecule has 0 aliphatic carbocycles. The molecule has 0 bridgehead atoms. The molecule has 1 aromatic rings. The lowest BCUT2D eigenvalue weighted by atomic mass is 9.80. The summed E-state index contributed by atoms with van der Waals surface area (Å²) in [6, 6.07) is 7.03. The van der Waals surface area contributed by atoms with Crippen molar-refractivity contribution in [3.05, 3.63) is 34.9 Å². The summed E-state index contributed by atoms with van der Waals surface area (Å²) in [5.74, 6) is 1.39. The van der Waals surface area contributed by atoms with Crippen molar-refractivity contribution in [1.82, 2.24) is 4.90 Å². The molecule has 1 heterocycles. The Bertz CT molecular complexity index is 413. The number of benzene rings is 1. The molecular weight excluding hydrogens is 218 g/mol. The van der Waals surface area contributed by atoms with E-state index in [1.165, 1.54) is 23.2 Å². The first-order valence-electron chi connectivity index (χ1n) is 7.19. The van der Waals surface area contributed by atoms with Gasteiger partial charge in [-0.25, -0.2) is 0 Å². The van der Waals surface area contributed by atoms with Gasteiger partial charge in [-0.05, 0) is 45.7 Å². The fourth-order valence-corrected chi connectivity index (χ4v) is 3.57. The number of likely N-dealkylation sites (tertiary alicyclic amines) is 1. The van der Waals surface area contributed by atoms with Crippen molar-refractivity contribution in [3.8, 4) is 0 Å². The lowest BCUT2D eigenvalue weighted by Gasteiger charge is -2.34. The van der Waals surface area contributed by atoms with Gasteiger partial charge < -0.3 is 0 Å². The van der Waals surface area contributed by atoms with E-state index in [1.807, 2.05) is 0 Å². The molecule has 100 valence electrons. The van der Waals surface area contributed by atoms with E-state index < -0.39 is 0 Å². The third-order valence-electron chi connectivity index (χ3n) is 5.00. The Hall–Kier alpha value is -0.820.